The summed E-state index contributed by atoms with van der Waals surface area (Å²) < 4.78 is 66.8. The van der Waals surface area contributed by atoms with Crippen molar-refractivity contribution in [1.82, 2.24) is 0 Å². The summed E-state index contributed by atoms with van der Waals surface area (Å²) in [7, 11) is 0. The number of benzene rings is 2. The lowest BCUT2D eigenvalue weighted by Crippen LogP contribution is -2.23. The van der Waals surface area contributed by atoms with E-state index in [4.69, 9.17) is 0 Å². The van der Waals surface area contributed by atoms with Crippen LogP contribution in [-0.2, 0) is 4.79 Å². The van der Waals surface area contributed by atoms with Gasteiger partial charge in [0.2, 0.25) is 11.7 Å². The molecule has 1 N–H and O–H groups in total. The number of carbonyl (C=O) groups is 2. The highest BCUT2D eigenvalue weighted by Crippen LogP contribution is 2.33. The highest BCUT2D eigenvalue weighted by Gasteiger charge is 2.28. The van der Waals surface area contributed by atoms with E-state index in [0.717, 1.165) is 0 Å². The number of nitrogens with one attached hydrogen (secondary N) is 1. The van der Waals surface area contributed by atoms with Crippen LogP contribution in [0.1, 0.15) is 24.2 Å². The lowest BCUT2D eigenvalue weighted by Gasteiger charge is -2.14. The van der Waals surface area contributed by atoms with Gasteiger partial charge in [0.1, 0.15) is 0 Å². The standard InChI is InChI=1S/C17H12F5NO2S/c1-7(24)9-4-3-5-10(6-9)23-17(25)8(2)26-16-14(21)12(19)11(18)13(20)15(16)22/h3-6,8H,1-2H3,(H,23,25)/t8-/m0/s1. The van der Waals surface area contributed by atoms with E-state index in [-0.39, 0.29) is 23.2 Å². The SMILES string of the molecule is CC(=O)c1cccc(NC(=O)[C@H](C)Sc2c(F)c(F)c(F)c(F)c2F)c1. The van der Waals surface area contributed by atoms with Crippen LogP contribution in [0.5, 0.6) is 0 Å². The molecule has 9 heteroatoms. The molecule has 0 fully saturated rings. The average Bonchev–Trinajstić information content (AvgIpc) is 2.61. The Balaban J connectivity index is 2.20. The Bertz CT molecular complexity index is 859. The molecule has 1 atom stereocenters. The van der Waals surface area contributed by atoms with Crippen LogP contribution in [0.3, 0.4) is 0 Å². The zero-order valence-corrected chi connectivity index (χ0v) is 14.3. The largest absolute Gasteiger partial charge is 0.325 e. The van der Waals surface area contributed by atoms with Crippen molar-refractivity contribution in [1.29, 1.82) is 0 Å². The first-order chi connectivity index (χ1) is 12.1. The van der Waals surface area contributed by atoms with Gasteiger partial charge in [0.05, 0.1) is 10.1 Å². The molecule has 26 heavy (non-hydrogen) atoms. The summed E-state index contributed by atoms with van der Waals surface area (Å²) >= 11 is 0.196. The zero-order valence-electron chi connectivity index (χ0n) is 13.5. The fraction of sp³-hybridized carbons (Fsp3) is 0.176. The number of anilines is 1. The van der Waals surface area contributed by atoms with E-state index in [9.17, 15) is 31.5 Å². The first-order valence-corrected chi connectivity index (χ1v) is 8.11. The van der Waals surface area contributed by atoms with Crippen molar-refractivity contribution in [3.05, 3.63) is 58.9 Å². The Hall–Kier alpha value is -2.42. The lowest BCUT2D eigenvalue weighted by molar-refractivity contribution is -0.115. The van der Waals surface area contributed by atoms with Gasteiger partial charge in [0, 0.05) is 11.3 Å². The van der Waals surface area contributed by atoms with Gasteiger partial charge in [-0.3, -0.25) is 9.59 Å². The summed E-state index contributed by atoms with van der Waals surface area (Å²) in [5, 5.41) is 1.24. The van der Waals surface area contributed by atoms with Crippen LogP contribution in [0.2, 0.25) is 0 Å². The van der Waals surface area contributed by atoms with Crippen molar-refractivity contribution in [2.24, 2.45) is 0 Å². The number of ketones is 1. The second-order valence-corrected chi connectivity index (χ2v) is 6.64. The van der Waals surface area contributed by atoms with E-state index in [0.29, 0.717) is 5.56 Å². The Morgan fingerprint density at radius 2 is 1.50 bits per heavy atom. The van der Waals surface area contributed by atoms with E-state index >= 15 is 0 Å². The number of carbonyl (C=O) groups excluding carboxylic acids is 2. The Labute approximate surface area is 149 Å². The molecule has 0 aromatic heterocycles. The normalized spacial score (nSPS) is 12.0. The lowest BCUT2D eigenvalue weighted by atomic mass is 10.1. The molecule has 0 aliphatic heterocycles. The number of amides is 1. The molecule has 0 radical (unpaired) electrons. The minimum absolute atomic E-state index is 0.196. The van der Waals surface area contributed by atoms with E-state index in [1.165, 1.54) is 38.1 Å². The van der Waals surface area contributed by atoms with Gasteiger partial charge < -0.3 is 5.32 Å². The molecule has 2 aromatic rings. The topological polar surface area (TPSA) is 46.2 Å². The van der Waals surface area contributed by atoms with Crippen LogP contribution in [0.25, 0.3) is 0 Å². The fourth-order valence-electron chi connectivity index (χ4n) is 1.98. The third kappa shape index (κ3) is 4.04. The predicted molar refractivity (Wildman–Crippen MR) is 86.6 cm³/mol. The molecular formula is C17H12F5NO2S. The van der Waals surface area contributed by atoms with E-state index < -0.39 is 45.1 Å². The molecule has 0 unspecified atom stereocenters. The molecule has 0 saturated heterocycles. The van der Waals surface area contributed by atoms with Crippen LogP contribution in [0.15, 0.2) is 29.2 Å². The number of thioether (sulfide) groups is 1. The zero-order chi connectivity index (χ0) is 19.6. The molecule has 0 aliphatic carbocycles. The smallest absolute Gasteiger partial charge is 0.237 e. The highest BCUT2D eigenvalue weighted by atomic mass is 32.2. The molecule has 2 rings (SSSR count). The second kappa shape index (κ2) is 7.86. The molecule has 0 bridgehead atoms. The fourth-order valence-corrected chi connectivity index (χ4v) is 2.88. The van der Waals surface area contributed by atoms with Crippen LogP contribution < -0.4 is 5.32 Å². The van der Waals surface area contributed by atoms with E-state index in [1.54, 1.807) is 0 Å². The van der Waals surface area contributed by atoms with Gasteiger partial charge in [-0.1, -0.05) is 12.1 Å². The van der Waals surface area contributed by atoms with Gasteiger partial charge in [0.15, 0.2) is 29.1 Å². The first-order valence-electron chi connectivity index (χ1n) is 7.23. The summed E-state index contributed by atoms with van der Waals surface area (Å²) in [4.78, 5) is 22.3. The molecule has 0 spiro atoms. The van der Waals surface area contributed by atoms with Gasteiger partial charge in [-0.15, -0.1) is 11.8 Å². The summed E-state index contributed by atoms with van der Waals surface area (Å²) in [5.74, 6) is -11.4. The maximum absolute atomic E-state index is 13.7. The van der Waals surface area contributed by atoms with Crippen molar-refractivity contribution in [2.75, 3.05) is 5.32 Å². The molecule has 0 saturated carbocycles. The van der Waals surface area contributed by atoms with Crippen molar-refractivity contribution >= 4 is 29.1 Å². The monoisotopic (exact) mass is 389 g/mol. The molecule has 3 nitrogen and oxygen atoms in total. The van der Waals surface area contributed by atoms with Crippen molar-refractivity contribution in [3.8, 4) is 0 Å². The predicted octanol–water partition coefficient (Wildman–Crippen LogP) is 4.70. The Kier molecular flexibility index (Phi) is 6.01. The maximum atomic E-state index is 13.7. The quantitative estimate of drug-likeness (QED) is 0.265. The van der Waals surface area contributed by atoms with Gasteiger partial charge >= 0.3 is 0 Å². The molecule has 1 amide bonds. The third-order valence-electron chi connectivity index (χ3n) is 3.37. The maximum Gasteiger partial charge on any atom is 0.237 e. The van der Waals surface area contributed by atoms with Gasteiger partial charge in [-0.2, -0.15) is 0 Å². The molecule has 138 valence electrons. The third-order valence-corrected chi connectivity index (χ3v) is 4.53. The minimum Gasteiger partial charge on any atom is -0.325 e. The average molecular weight is 389 g/mol. The number of hydrogen-bond acceptors (Lipinski definition) is 3. The van der Waals surface area contributed by atoms with Crippen LogP contribution in [0, 0.1) is 29.1 Å². The first kappa shape index (κ1) is 19.9. The molecular weight excluding hydrogens is 377 g/mol. The summed E-state index contributed by atoms with van der Waals surface area (Å²) in [5.41, 5.74) is 0.593. The van der Waals surface area contributed by atoms with Gasteiger partial charge in [-0.05, 0) is 26.0 Å². The Morgan fingerprint density at radius 1 is 0.962 bits per heavy atom. The van der Waals surface area contributed by atoms with Crippen LogP contribution >= 0.6 is 11.8 Å². The molecule has 0 heterocycles. The number of Topliss-reactive ketones (excluding diaryl/α,β-unsaturated/α-hetero) is 1. The van der Waals surface area contributed by atoms with Crippen molar-refractivity contribution in [2.45, 2.75) is 24.0 Å². The van der Waals surface area contributed by atoms with Gasteiger partial charge in [-0.25, -0.2) is 22.0 Å². The van der Waals surface area contributed by atoms with Crippen molar-refractivity contribution < 1.29 is 31.5 Å². The summed E-state index contributed by atoms with van der Waals surface area (Å²) in [6.07, 6.45) is 0. The minimum atomic E-state index is -2.26. The number of rotatable bonds is 5. The highest BCUT2D eigenvalue weighted by molar-refractivity contribution is 8.00. The summed E-state index contributed by atoms with van der Waals surface area (Å²) in [6.45, 7) is 2.58. The van der Waals surface area contributed by atoms with Gasteiger partial charge in [0.25, 0.3) is 0 Å². The summed E-state index contributed by atoms with van der Waals surface area (Å²) in [6, 6.07) is 5.94. The second-order valence-electron chi connectivity index (χ2n) is 5.29. The van der Waals surface area contributed by atoms with Crippen molar-refractivity contribution in [3.63, 3.8) is 0 Å². The van der Waals surface area contributed by atoms with Crippen LogP contribution in [-0.4, -0.2) is 16.9 Å². The number of hydrogen-bond donors (Lipinski definition) is 1. The van der Waals surface area contributed by atoms with E-state index in [1.807, 2.05) is 0 Å². The molecule has 2 aromatic carbocycles. The molecule has 0 aliphatic rings. The number of halogens is 5. The van der Waals surface area contributed by atoms with Crippen LogP contribution in [0.4, 0.5) is 27.6 Å². The van der Waals surface area contributed by atoms with E-state index in [2.05, 4.69) is 5.32 Å². The Morgan fingerprint density at radius 3 is 2.04 bits per heavy atom.